The van der Waals surface area contributed by atoms with Gasteiger partial charge in [-0.1, -0.05) is 66.7 Å². The standard InChI is InChI=1S/C18H13NO2/c20-19(21)18-16(14-8-3-1-4-9-14)12-7-13-17(18)15-10-5-2-6-11-15/h1-13H. The van der Waals surface area contributed by atoms with Gasteiger partial charge in [0.1, 0.15) is 0 Å². The van der Waals surface area contributed by atoms with E-state index in [0.717, 1.165) is 11.1 Å². The van der Waals surface area contributed by atoms with E-state index < -0.39 is 0 Å². The lowest BCUT2D eigenvalue weighted by atomic mass is 9.96. The van der Waals surface area contributed by atoms with Crippen molar-refractivity contribution in [2.45, 2.75) is 0 Å². The summed E-state index contributed by atoms with van der Waals surface area (Å²) in [5.41, 5.74) is 3.13. The number of hydrogen-bond acceptors (Lipinski definition) is 2. The highest BCUT2D eigenvalue weighted by molar-refractivity contribution is 5.85. The van der Waals surface area contributed by atoms with Crippen LogP contribution in [0.1, 0.15) is 0 Å². The monoisotopic (exact) mass is 275 g/mol. The fraction of sp³-hybridized carbons (Fsp3) is 0. The number of nitro benzene ring substituents is 1. The second-order valence-electron chi connectivity index (χ2n) is 4.69. The minimum atomic E-state index is -0.301. The molecule has 0 aromatic heterocycles. The van der Waals surface area contributed by atoms with E-state index in [0.29, 0.717) is 11.1 Å². The van der Waals surface area contributed by atoms with Crippen molar-refractivity contribution in [3.8, 4) is 22.3 Å². The van der Waals surface area contributed by atoms with Crippen LogP contribution < -0.4 is 0 Å². The Morgan fingerprint density at radius 1 is 0.619 bits per heavy atom. The first-order chi connectivity index (χ1) is 10.3. The van der Waals surface area contributed by atoms with Crippen LogP contribution in [0.2, 0.25) is 0 Å². The fourth-order valence-corrected chi connectivity index (χ4v) is 2.44. The predicted molar refractivity (Wildman–Crippen MR) is 84.0 cm³/mol. The van der Waals surface area contributed by atoms with Gasteiger partial charge in [-0.15, -0.1) is 0 Å². The Morgan fingerprint density at radius 2 is 1.05 bits per heavy atom. The minimum absolute atomic E-state index is 0.148. The van der Waals surface area contributed by atoms with Crippen molar-refractivity contribution in [1.82, 2.24) is 0 Å². The predicted octanol–water partition coefficient (Wildman–Crippen LogP) is 4.93. The lowest BCUT2D eigenvalue weighted by Crippen LogP contribution is -1.95. The zero-order valence-electron chi connectivity index (χ0n) is 11.3. The molecule has 0 spiro atoms. The van der Waals surface area contributed by atoms with Crippen molar-refractivity contribution < 1.29 is 4.92 Å². The van der Waals surface area contributed by atoms with Crippen LogP contribution in [-0.2, 0) is 0 Å². The Hall–Kier alpha value is -2.94. The largest absolute Gasteiger partial charge is 0.284 e. The van der Waals surface area contributed by atoms with Gasteiger partial charge in [0, 0.05) is 0 Å². The summed E-state index contributed by atoms with van der Waals surface area (Å²) >= 11 is 0. The van der Waals surface area contributed by atoms with Gasteiger partial charge in [0.2, 0.25) is 0 Å². The van der Waals surface area contributed by atoms with Gasteiger partial charge in [0.05, 0.1) is 16.1 Å². The molecule has 3 aromatic rings. The number of rotatable bonds is 3. The molecule has 0 aliphatic rings. The molecule has 102 valence electrons. The average Bonchev–Trinajstić information content (AvgIpc) is 2.55. The van der Waals surface area contributed by atoms with Crippen LogP contribution in [0.4, 0.5) is 5.69 Å². The molecule has 0 amide bonds. The van der Waals surface area contributed by atoms with E-state index in [2.05, 4.69) is 0 Å². The number of benzene rings is 3. The maximum atomic E-state index is 11.6. The van der Waals surface area contributed by atoms with E-state index in [1.165, 1.54) is 0 Å². The van der Waals surface area contributed by atoms with Gasteiger partial charge < -0.3 is 0 Å². The van der Waals surface area contributed by atoms with Crippen LogP contribution in [0.5, 0.6) is 0 Å². The summed E-state index contributed by atoms with van der Waals surface area (Å²) in [6, 6.07) is 24.3. The third-order valence-electron chi connectivity index (χ3n) is 3.39. The first kappa shape index (κ1) is 13.1. The highest BCUT2D eigenvalue weighted by Gasteiger charge is 2.21. The van der Waals surface area contributed by atoms with Crippen molar-refractivity contribution in [3.05, 3.63) is 89.0 Å². The smallest absolute Gasteiger partial charge is 0.258 e. The first-order valence-corrected chi connectivity index (χ1v) is 6.65. The third kappa shape index (κ3) is 2.54. The third-order valence-corrected chi connectivity index (χ3v) is 3.39. The molecule has 3 aromatic carbocycles. The lowest BCUT2D eigenvalue weighted by Gasteiger charge is -2.08. The maximum Gasteiger partial charge on any atom is 0.284 e. The summed E-state index contributed by atoms with van der Waals surface area (Å²) in [6.07, 6.45) is 0. The molecule has 0 unspecified atom stereocenters. The summed E-state index contributed by atoms with van der Waals surface area (Å²) < 4.78 is 0. The Labute approximate surface area is 122 Å². The average molecular weight is 275 g/mol. The molecular formula is C18H13NO2. The minimum Gasteiger partial charge on any atom is -0.258 e. The van der Waals surface area contributed by atoms with Crippen LogP contribution in [0.15, 0.2) is 78.9 Å². The second-order valence-corrected chi connectivity index (χ2v) is 4.69. The first-order valence-electron chi connectivity index (χ1n) is 6.65. The zero-order valence-corrected chi connectivity index (χ0v) is 11.3. The molecule has 0 fully saturated rings. The van der Waals surface area contributed by atoms with Crippen LogP contribution in [0, 0.1) is 10.1 Å². The highest BCUT2D eigenvalue weighted by atomic mass is 16.6. The maximum absolute atomic E-state index is 11.6. The molecule has 0 saturated carbocycles. The normalized spacial score (nSPS) is 10.3. The Balaban J connectivity index is 2.26. The Bertz CT molecular complexity index is 710. The Kier molecular flexibility index (Phi) is 3.48. The van der Waals surface area contributed by atoms with Gasteiger partial charge in [-0.2, -0.15) is 0 Å². The van der Waals surface area contributed by atoms with Crippen LogP contribution >= 0.6 is 0 Å². The van der Waals surface area contributed by atoms with Gasteiger partial charge in [-0.3, -0.25) is 10.1 Å². The van der Waals surface area contributed by atoms with Gasteiger partial charge in [0.15, 0.2) is 0 Å². The quantitative estimate of drug-likeness (QED) is 0.502. The van der Waals surface area contributed by atoms with Crippen molar-refractivity contribution in [1.29, 1.82) is 0 Å². The van der Waals surface area contributed by atoms with Crippen LogP contribution in [-0.4, -0.2) is 4.92 Å². The van der Waals surface area contributed by atoms with Gasteiger partial charge in [-0.05, 0) is 23.3 Å². The van der Waals surface area contributed by atoms with Crippen molar-refractivity contribution in [2.24, 2.45) is 0 Å². The number of hydrogen-bond donors (Lipinski definition) is 0. The summed E-state index contributed by atoms with van der Waals surface area (Å²) in [5, 5.41) is 11.6. The van der Waals surface area contributed by atoms with Gasteiger partial charge in [-0.25, -0.2) is 0 Å². The molecule has 0 bridgehead atoms. The van der Waals surface area contributed by atoms with E-state index in [-0.39, 0.29) is 10.6 Å². The summed E-state index contributed by atoms with van der Waals surface area (Å²) in [5.74, 6) is 0. The van der Waals surface area contributed by atoms with E-state index in [9.17, 15) is 10.1 Å². The molecule has 0 N–H and O–H groups in total. The number of para-hydroxylation sites is 1. The second kappa shape index (κ2) is 5.59. The van der Waals surface area contributed by atoms with Crippen molar-refractivity contribution >= 4 is 5.69 Å². The zero-order chi connectivity index (χ0) is 14.7. The molecule has 3 nitrogen and oxygen atoms in total. The van der Waals surface area contributed by atoms with E-state index in [1.807, 2.05) is 66.7 Å². The summed E-state index contributed by atoms with van der Waals surface area (Å²) in [6.45, 7) is 0. The SMILES string of the molecule is O=[N+]([O-])c1c(-c2ccccc2)cccc1-c1ccccc1. The van der Waals surface area contributed by atoms with E-state index in [1.54, 1.807) is 12.1 Å². The molecule has 21 heavy (non-hydrogen) atoms. The highest BCUT2D eigenvalue weighted by Crippen LogP contribution is 2.38. The fourth-order valence-electron chi connectivity index (χ4n) is 2.44. The molecule has 0 atom stereocenters. The number of nitro groups is 1. The molecule has 3 rings (SSSR count). The van der Waals surface area contributed by atoms with Crippen molar-refractivity contribution in [3.63, 3.8) is 0 Å². The van der Waals surface area contributed by atoms with Crippen LogP contribution in [0.25, 0.3) is 22.3 Å². The molecular weight excluding hydrogens is 262 g/mol. The summed E-state index contributed by atoms with van der Waals surface area (Å²) in [7, 11) is 0. The molecule has 0 aliphatic carbocycles. The molecule has 0 heterocycles. The van der Waals surface area contributed by atoms with E-state index >= 15 is 0 Å². The van der Waals surface area contributed by atoms with Crippen molar-refractivity contribution in [2.75, 3.05) is 0 Å². The molecule has 0 aliphatic heterocycles. The number of nitrogens with zero attached hydrogens (tertiary/aromatic N) is 1. The van der Waals surface area contributed by atoms with Gasteiger partial charge in [0.25, 0.3) is 5.69 Å². The Morgan fingerprint density at radius 3 is 1.43 bits per heavy atom. The molecule has 0 radical (unpaired) electrons. The molecule has 3 heteroatoms. The topological polar surface area (TPSA) is 43.1 Å². The lowest BCUT2D eigenvalue weighted by molar-refractivity contribution is -0.383. The van der Waals surface area contributed by atoms with Crippen LogP contribution in [0.3, 0.4) is 0 Å². The van der Waals surface area contributed by atoms with Gasteiger partial charge >= 0.3 is 0 Å². The van der Waals surface area contributed by atoms with E-state index in [4.69, 9.17) is 0 Å². The molecule has 0 saturated heterocycles. The summed E-state index contributed by atoms with van der Waals surface area (Å²) in [4.78, 5) is 11.3.